The molecule has 2 N–H and O–H groups in total. The summed E-state index contributed by atoms with van der Waals surface area (Å²) >= 11 is 4.85. The first kappa shape index (κ1) is 7.94. The van der Waals surface area contributed by atoms with E-state index in [1.807, 2.05) is 0 Å². The maximum absolute atomic E-state index is 5.52. The topological polar surface area (TPSA) is 53.7 Å². The molecule has 1 aromatic rings. The van der Waals surface area contributed by atoms with Crippen LogP contribution in [0.5, 0.6) is 0 Å². The molecule has 0 radical (unpaired) electrons. The lowest BCUT2D eigenvalue weighted by molar-refractivity contribution is 0.00965. The quantitative estimate of drug-likeness (QED) is 0.655. The van der Waals surface area contributed by atoms with Gasteiger partial charge in [0.05, 0.1) is 0 Å². The van der Waals surface area contributed by atoms with E-state index >= 15 is 0 Å². The summed E-state index contributed by atoms with van der Waals surface area (Å²) in [6.45, 7) is 0.831. The second-order valence-corrected chi connectivity index (χ2v) is 3.29. The SMILES string of the molecule is S=c1nc(C2CCCCO2)[nH][nH]1. The molecule has 0 spiro atoms. The molecule has 0 bridgehead atoms. The fraction of sp³-hybridized carbons (Fsp3) is 0.714. The van der Waals surface area contributed by atoms with Crippen LogP contribution in [-0.2, 0) is 4.74 Å². The van der Waals surface area contributed by atoms with Crippen molar-refractivity contribution in [3.05, 3.63) is 10.6 Å². The van der Waals surface area contributed by atoms with Gasteiger partial charge in [0.1, 0.15) is 6.10 Å². The third-order valence-corrected chi connectivity index (χ3v) is 2.20. The molecule has 1 fully saturated rings. The number of aromatic nitrogens is 3. The van der Waals surface area contributed by atoms with Crippen LogP contribution in [0, 0.1) is 4.77 Å². The van der Waals surface area contributed by atoms with E-state index in [0.29, 0.717) is 4.77 Å². The van der Waals surface area contributed by atoms with Crippen LogP contribution in [-0.4, -0.2) is 21.8 Å². The number of nitrogens with one attached hydrogen (secondary N) is 2. The lowest BCUT2D eigenvalue weighted by atomic mass is 10.1. The summed E-state index contributed by atoms with van der Waals surface area (Å²) in [7, 11) is 0. The first-order valence-corrected chi connectivity index (χ1v) is 4.53. The van der Waals surface area contributed by atoms with Crippen LogP contribution in [0.2, 0.25) is 0 Å². The standard InChI is InChI=1S/C7H11N3OS/c12-7-8-6(9-10-7)5-3-1-2-4-11-5/h5H,1-4H2,(H2,8,9,10,12). The molecule has 0 saturated carbocycles. The lowest BCUT2D eigenvalue weighted by Crippen LogP contribution is -2.12. The summed E-state index contributed by atoms with van der Waals surface area (Å²) in [5, 5.41) is 5.67. The van der Waals surface area contributed by atoms with Crippen molar-refractivity contribution in [1.82, 2.24) is 15.2 Å². The Morgan fingerprint density at radius 1 is 1.42 bits per heavy atom. The Kier molecular flexibility index (Phi) is 2.23. The molecule has 1 aromatic heterocycles. The van der Waals surface area contributed by atoms with Gasteiger partial charge in [-0.2, -0.15) is 0 Å². The molecule has 0 amide bonds. The second-order valence-electron chi connectivity index (χ2n) is 2.91. The number of hydrogen-bond acceptors (Lipinski definition) is 3. The molecule has 5 heteroatoms. The number of hydrogen-bond donors (Lipinski definition) is 2. The Labute approximate surface area is 75.3 Å². The Balaban J connectivity index is 2.13. The van der Waals surface area contributed by atoms with Gasteiger partial charge in [-0.25, -0.2) is 4.98 Å². The summed E-state index contributed by atoms with van der Waals surface area (Å²) in [5.74, 6) is 0.833. The van der Waals surface area contributed by atoms with Gasteiger partial charge in [-0.15, -0.1) is 0 Å². The zero-order valence-electron chi connectivity index (χ0n) is 6.67. The van der Waals surface area contributed by atoms with Crippen LogP contribution < -0.4 is 0 Å². The molecule has 1 aliphatic rings. The predicted molar refractivity (Wildman–Crippen MR) is 46.3 cm³/mol. The monoisotopic (exact) mass is 185 g/mol. The Morgan fingerprint density at radius 2 is 2.33 bits per heavy atom. The highest BCUT2D eigenvalue weighted by Gasteiger charge is 2.18. The zero-order chi connectivity index (χ0) is 8.39. The van der Waals surface area contributed by atoms with E-state index in [-0.39, 0.29) is 6.10 Å². The maximum Gasteiger partial charge on any atom is 0.213 e. The van der Waals surface area contributed by atoms with Gasteiger partial charge in [-0.1, -0.05) is 0 Å². The third-order valence-electron chi connectivity index (χ3n) is 2.00. The van der Waals surface area contributed by atoms with Crippen molar-refractivity contribution in [2.24, 2.45) is 0 Å². The van der Waals surface area contributed by atoms with E-state index in [1.165, 1.54) is 6.42 Å². The molecule has 66 valence electrons. The Bertz CT molecular complexity index is 300. The number of H-pyrrole nitrogens is 2. The van der Waals surface area contributed by atoms with Crippen molar-refractivity contribution in [3.63, 3.8) is 0 Å². The summed E-state index contributed by atoms with van der Waals surface area (Å²) in [5.41, 5.74) is 0. The zero-order valence-corrected chi connectivity index (χ0v) is 7.49. The number of nitrogens with zero attached hydrogens (tertiary/aromatic N) is 1. The van der Waals surface area contributed by atoms with Crippen LogP contribution in [0.4, 0.5) is 0 Å². The van der Waals surface area contributed by atoms with E-state index in [1.54, 1.807) is 0 Å². The molecule has 1 aliphatic heterocycles. The molecule has 12 heavy (non-hydrogen) atoms. The van der Waals surface area contributed by atoms with Gasteiger partial charge in [-0.05, 0) is 31.5 Å². The molecule has 2 heterocycles. The van der Waals surface area contributed by atoms with E-state index in [0.717, 1.165) is 25.3 Å². The Morgan fingerprint density at radius 3 is 2.92 bits per heavy atom. The average Bonchev–Trinajstić information content (AvgIpc) is 2.54. The summed E-state index contributed by atoms with van der Waals surface area (Å²) in [6.07, 6.45) is 3.52. The van der Waals surface area contributed by atoms with E-state index < -0.39 is 0 Å². The number of rotatable bonds is 1. The lowest BCUT2D eigenvalue weighted by Gasteiger charge is -2.19. The van der Waals surface area contributed by atoms with Crippen molar-refractivity contribution < 1.29 is 4.74 Å². The van der Waals surface area contributed by atoms with Gasteiger partial charge in [0.15, 0.2) is 5.82 Å². The highest BCUT2D eigenvalue weighted by atomic mass is 32.1. The van der Waals surface area contributed by atoms with Gasteiger partial charge >= 0.3 is 0 Å². The molecule has 1 saturated heterocycles. The fourth-order valence-corrected chi connectivity index (χ4v) is 1.54. The van der Waals surface area contributed by atoms with Gasteiger partial charge < -0.3 is 4.74 Å². The first-order valence-electron chi connectivity index (χ1n) is 4.12. The summed E-state index contributed by atoms with van der Waals surface area (Å²) < 4.78 is 6.02. The summed E-state index contributed by atoms with van der Waals surface area (Å²) in [4.78, 5) is 4.11. The first-order chi connectivity index (χ1) is 5.86. The van der Waals surface area contributed by atoms with Crippen LogP contribution in [0.15, 0.2) is 0 Å². The van der Waals surface area contributed by atoms with Crippen LogP contribution in [0.1, 0.15) is 31.2 Å². The van der Waals surface area contributed by atoms with Crippen LogP contribution in [0.3, 0.4) is 0 Å². The maximum atomic E-state index is 5.52. The Hall–Kier alpha value is -0.680. The van der Waals surface area contributed by atoms with E-state index in [9.17, 15) is 0 Å². The highest BCUT2D eigenvalue weighted by Crippen LogP contribution is 2.24. The van der Waals surface area contributed by atoms with Gasteiger partial charge in [0.25, 0.3) is 0 Å². The molecular weight excluding hydrogens is 174 g/mol. The molecule has 0 aliphatic carbocycles. The minimum atomic E-state index is 0.117. The van der Waals surface area contributed by atoms with Crippen molar-refractivity contribution in [1.29, 1.82) is 0 Å². The highest BCUT2D eigenvalue weighted by molar-refractivity contribution is 7.71. The fourth-order valence-electron chi connectivity index (χ4n) is 1.39. The minimum absolute atomic E-state index is 0.117. The molecule has 2 rings (SSSR count). The van der Waals surface area contributed by atoms with Crippen molar-refractivity contribution >= 4 is 12.2 Å². The van der Waals surface area contributed by atoms with Crippen molar-refractivity contribution in [2.75, 3.05) is 6.61 Å². The number of aromatic amines is 2. The predicted octanol–water partition coefficient (Wildman–Crippen LogP) is 1.71. The molecule has 0 aromatic carbocycles. The molecule has 1 atom stereocenters. The molecule has 1 unspecified atom stereocenters. The van der Waals surface area contributed by atoms with Gasteiger partial charge in [0.2, 0.25) is 4.77 Å². The molecular formula is C7H11N3OS. The third kappa shape index (κ3) is 1.56. The minimum Gasteiger partial charge on any atom is -0.370 e. The number of ether oxygens (including phenoxy) is 1. The van der Waals surface area contributed by atoms with Gasteiger partial charge in [0, 0.05) is 6.61 Å². The largest absolute Gasteiger partial charge is 0.370 e. The average molecular weight is 185 g/mol. The second kappa shape index (κ2) is 3.37. The van der Waals surface area contributed by atoms with Crippen LogP contribution in [0.25, 0.3) is 0 Å². The van der Waals surface area contributed by atoms with E-state index in [2.05, 4.69) is 15.2 Å². The summed E-state index contributed by atoms with van der Waals surface area (Å²) in [6, 6.07) is 0. The van der Waals surface area contributed by atoms with Gasteiger partial charge in [-0.3, -0.25) is 10.2 Å². The van der Waals surface area contributed by atoms with Crippen molar-refractivity contribution in [2.45, 2.75) is 25.4 Å². The van der Waals surface area contributed by atoms with Crippen molar-refractivity contribution in [3.8, 4) is 0 Å². The smallest absolute Gasteiger partial charge is 0.213 e. The van der Waals surface area contributed by atoms with E-state index in [4.69, 9.17) is 17.0 Å². The normalized spacial score (nSPS) is 24.2. The molecule has 4 nitrogen and oxygen atoms in total. The van der Waals surface area contributed by atoms with Crippen LogP contribution >= 0.6 is 12.2 Å².